The molecule has 1 aromatic rings. The van der Waals surface area contributed by atoms with Gasteiger partial charge in [-0.1, -0.05) is 31.2 Å². The van der Waals surface area contributed by atoms with E-state index in [1.165, 1.54) is 0 Å². The molecule has 1 aromatic carbocycles. The fourth-order valence-electron chi connectivity index (χ4n) is 2.09. The first-order chi connectivity index (χ1) is 11.3. The molecule has 0 aliphatic rings. The highest BCUT2D eigenvalue weighted by Crippen LogP contribution is 2.08. The molecule has 7 heteroatoms. The molecule has 136 valence electrons. The molecule has 24 heavy (non-hydrogen) atoms. The fraction of sp³-hybridized carbons (Fsp3) is 0.588. The van der Waals surface area contributed by atoms with E-state index in [0.29, 0.717) is 12.6 Å². The van der Waals surface area contributed by atoms with Crippen LogP contribution in [0.1, 0.15) is 45.2 Å². The summed E-state index contributed by atoms with van der Waals surface area (Å²) in [4.78, 5) is 4.19. The summed E-state index contributed by atoms with van der Waals surface area (Å²) in [7, 11) is -1.54. The lowest BCUT2D eigenvalue weighted by Crippen LogP contribution is -2.41. The molecular weight excluding hydrogens is 324 g/mol. The highest BCUT2D eigenvalue weighted by molar-refractivity contribution is 7.88. The van der Waals surface area contributed by atoms with E-state index in [9.17, 15) is 8.42 Å². The van der Waals surface area contributed by atoms with Crippen molar-refractivity contribution in [1.29, 1.82) is 0 Å². The van der Waals surface area contributed by atoms with Crippen molar-refractivity contribution in [2.24, 2.45) is 4.99 Å². The molecule has 3 N–H and O–H groups in total. The second-order valence-corrected chi connectivity index (χ2v) is 7.98. The summed E-state index contributed by atoms with van der Waals surface area (Å²) in [5.74, 6) is 0.757. The third-order valence-corrected chi connectivity index (χ3v) is 5.02. The van der Waals surface area contributed by atoms with Crippen LogP contribution in [-0.2, 0) is 22.3 Å². The van der Waals surface area contributed by atoms with Crippen molar-refractivity contribution in [2.75, 3.05) is 7.05 Å². The highest BCUT2D eigenvalue weighted by atomic mass is 32.2. The fourth-order valence-corrected chi connectivity index (χ4v) is 3.52. The molecule has 1 unspecified atom stereocenters. The maximum atomic E-state index is 11.9. The third kappa shape index (κ3) is 7.79. The summed E-state index contributed by atoms with van der Waals surface area (Å²) >= 11 is 0. The van der Waals surface area contributed by atoms with Gasteiger partial charge in [-0.05, 0) is 38.3 Å². The molecule has 0 spiro atoms. The predicted molar refractivity (Wildman–Crippen MR) is 100 cm³/mol. The van der Waals surface area contributed by atoms with E-state index < -0.39 is 10.0 Å². The number of guanidine groups is 1. The summed E-state index contributed by atoms with van der Waals surface area (Å²) in [6, 6.07) is 7.83. The molecule has 1 rings (SSSR count). The molecule has 0 aromatic heterocycles. The number of hydrogen-bond donors (Lipinski definition) is 3. The van der Waals surface area contributed by atoms with Gasteiger partial charge < -0.3 is 10.6 Å². The molecule has 0 saturated heterocycles. The molecule has 0 saturated carbocycles. The van der Waals surface area contributed by atoms with Crippen LogP contribution < -0.4 is 15.4 Å². The quantitative estimate of drug-likeness (QED) is 0.492. The van der Waals surface area contributed by atoms with Crippen molar-refractivity contribution in [3.8, 4) is 0 Å². The Morgan fingerprint density at radius 3 is 2.21 bits per heavy atom. The Balaban J connectivity index is 2.59. The molecule has 6 nitrogen and oxygen atoms in total. The van der Waals surface area contributed by atoms with Gasteiger partial charge >= 0.3 is 0 Å². The molecule has 0 aliphatic carbocycles. The zero-order valence-electron chi connectivity index (χ0n) is 15.3. The zero-order chi connectivity index (χ0) is 18.2. The van der Waals surface area contributed by atoms with Crippen LogP contribution in [0.15, 0.2) is 29.3 Å². The number of nitrogens with zero attached hydrogens (tertiary/aromatic N) is 1. The number of benzene rings is 1. The van der Waals surface area contributed by atoms with Gasteiger partial charge in [-0.3, -0.25) is 4.99 Å². The van der Waals surface area contributed by atoms with Crippen molar-refractivity contribution >= 4 is 16.0 Å². The van der Waals surface area contributed by atoms with Gasteiger partial charge in [-0.2, -0.15) is 0 Å². The van der Waals surface area contributed by atoms with Crippen LogP contribution in [0.4, 0.5) is 0 Å². The number of aliphatic imine (C=N–C) groups is 1. The Labute approximate surface area is 146 Å². The second-order valence-electron chi connectivity index (χ2n) is 6.23. The van der Waals surface area contributed by atoms with Crippen LogP contribution in [0.5, 0.6) is 0 Å². The summed E-state index contributed by atoms with van der Waals surface area (Å²) in [6.07, 6.45) is 1.02. The minimum Gasteiger partial charge on any atom is -0.354 e. The van der Waals surface area contributed by atoms with Gasteiger partial charge in [0.2, 0.25) is 10.0 Å². The molecule has 1 atom stereocenters. The first kappa shape index (κ1) is 20.4. The third-order valence-electron chi connectivity index (χ3n) is 3.47. The number of sulfonamides is 1. The van der Waals surface area contributed by atoms with Crippen molar-refractivity contribution in [3.63, 3.8) is 0 Å². The summed E-state index contributed by atoms with van der Waals surface area (Å²) in [5.41, 5.74) is 1.84. The van der Waals surface area contributed by atoms with Gasteiger partial charge in [0.1, 0.15) is 0 Å². The maximum Gasteiger partial charge on any atom is 0.216 e. The van der Waals surface area contributed by atoms with Gasteiger partial charge in [-0.25, -0.2) is 13.1 Å². The number of hydrogen-bond acceptors (Lipinski definition) is 3. The lowest BCUT2D eigenvalue weighted by molar-refractivity contribution is 0.569. The first-order valence-corrected chi connectivity index (χ1v) is 9.96. The second kappa shape index (κ2) is 9.64. The maximum absolute atomic E-state index is 11.9. The first-order valence-electron chi connectivity index (χ1n) is 8.30. The molecule has 0 bridgehead atoms. The summed E-state index contributed by atoms with van der Waals surface area (Å²) in [5, 5.41) is 6.55. The standard InChI is InChI=1S/C17H30N4O2S/c1-6-14(4)20-17(18-5)19-11-15-7-9-16(10-8-15)12-24(22,23)21-13(2)3/h7-10,13-14,21H,6,11-12H2,1-5H3,(H2,18,19,20). The predicted octanol–water partition coefficient (Wildman–Crippen LogP) is 1.98. The van der Waals surface area contributed by atoms with Gasteiger partial charge in [0.05, 0.1) is 5.75 Å². The molecule has 0 radical (unpaired) electrons. The SMILES string of the molecule is CCC(C)NC(=NC)NCc1ccc(CS(=O)(=O)NC(C)C)cc1. The minimum atomic E-state index is -3.29. The van der Waals surface area contributed by atoms with Crippen LogP contribution in [-0.4, -0.2) is 33.5 Å². The van der Waals surface area contributed by atoms with Crippen LogP contribution in [0, 0.1) is 0 Å². The van der Waals surface area contributed by atoms with Crippen molar-refractivity contribution < 1.29 is 8.42 Å². The highest BCUT2D eigenvalue weighted by Gasteiger charge is 2.12. The summed E-state index contributed by atoms with van der Waals surface area (Å²) < 4.78 is 26.5. The van der Waals surface area contributed by atoms with E-state index in [1.54, 1.807) is 7.05 Å². The van der Waals surface area contributed by atoms with Gasteiger partial charge in [0.15, 0.2) is 5.96 Å². The Kier molecular flexibility index (Phi) is 8.21. The van der Waals surface area contributed by atoms with E-state index in [4.69, 9.17) is 0 Å². The zero-order valence-corrected chi connectivity index (χ0v) is 16.1. The normalized spacial score (nSPS) is 13.8. The van der Waals surface area contributed by atoms with Crippen LogP contribution in [0.25, 0.3) is 0 Å². The van der Waals surface area contributed by atoms with Crippen molar-refractivity contribution in [1.82, 2.24) is 15.4 Å². The van der Waals surface area contributed by atoms with Gasteiger partial charge in [-0.15, -0.1) is 0 Å². The lowest BCUT2D eigenvalue weighted by Gasteiger charge is -2.16. The van der Waals surface area contributed by atoms with E-state index in [2.05, 4.69) is 34.2 Å². The topological polar surface area (TPSA) is 82.6 Å². The van der Waals surface area contributed by atoms with Crippen LogP contribution in [0.2, 0.25) is 0 Å². The molecule has 0 amide bonds. The van der Waals surface area contributed by atoms with Crippen LogP contribution >= 0.6 is 0 Å². The molecule has 0 aliphatic heterocycles. The van der Waals surface area contributed by atoms with Gasteiger partial charge in [0, 0.05) is 25.7 Å². The smallest absolute Gasteiger partial charge is 0.216 e. The van der Waals surface area contributed by atoms with Crippen molar-refractivity contribution in [3.05, 3.63) is 35.4 Å². The molecule has 0 heterocycles. The largest absolute Gasteiger partial charge is 0.354 e. The lowest BCUT2D eigenvalue weighted by atomic mass is 10.1. The Morgan fingerprint density at radius 1 is 1.12 bits per heavy atom. The monoisotopic (exact) mass is 354 g/mol. The van der Waals surface area contributed by atoms with E-state index >= 15 is 0 Å². The minimum absolute atomic E-state index is 0.00384. The Bertz CT molecular complexity index is 624. The number of nitrogens with one attached hydrogen (secondary N) is 3. The Morgan fingerprint density at radius 2 is 1.71 bits per heavy atom. The average molecular weight is 355 g/mol. The van der Waals surface area contributed by atoms with E-state index in [-0.39, 0.29) is 11.8 Å². The summed E-state index contributed by atoms with van der Waals surface area (Å²) in [6.45, 7) is 8.48. The number of rotatable bonds is 8. The van der Waals surface area contributed by atoms with Crippen LogP contribution in [0.3, 0.4) is 0 Å². The Hall–Kier alpha value is -1.60. The van der Waals surface area contributed by atoms with E-state index in [1.807, 2.05) is 38.1 Å². The molecule has 0 fully saturated rings. The van der Waals surface area contributed by atoms with Gasteiger partial charge in [0.25, 0.3) is 0 Å². The average Bonchev–Trinajstić information content (AvgIpc) is 2.50. The van der Waals surface area contributed by atoms with Crippen molar-refractivity contribution in [2.45, 2.75) is 58.5 Å². The van der Waals surface area contributed by atoms with E-state index in [0.717, 1.165) is 23.5 Å². The molecular formula is C17H30N4O2S.